The van der Waals surface area contributed by atoms with Gasteiger partial charge < -0.3 is 5.73 Å². The molecular weight excluding hydrogens is 246 g/mol. The molecule has 20 heavy (non-hydrogen) atoms. The maximum atomic E-state index is 12.0. The van der Waals surface area contributed by atoms with Gasteiger partial charge in [-0.15, -0.1) is 0 Å². The van der Waals surface area contributed by atoms with Gasteiger partial charge in [0, 0.05) is 11.3 Å². The minimum Gasteiger partial charge on any atom is -0.399 e. The number of nitrogens with two attached hydrogens (primary N) is 1. The lowest BCUT2D eigenvalue weighted by Gasteiger charge is -2.04. The van der Waals surface area contributed by atoms with Crippen LogP contribution in [0.25, 0.3) is 6.08 Å². The first kappa shape index (κ1) is 14.1. The SMILES string of the molecule is CC(C)c1ccc(/C=C/C(=O)c2ccc(N)cc2)cc1. The van der Waals surface area contributed by atoms with Crippen molar-refractivity contribution in [2.24, 2.45) is 0 Å². The number of benzene rings is 2. The van der Waals surface area contributed by atoms with Crippen molar-refractivity contribution in [3.63, 3.8) is 0 Å². The smallest absolute Gasteiger partial charge is 0.185 e. The molecular formula is C18H19NO. The minimum absolute atomic E-state index is 0.0158. The van der Waals surface area contributed by atoms with E-state index in [0.717, 1.165) is 5.56 Å². The van der Waals surface area contributed by atoms with Crippen LogP contribution in [0.4, 0.5) is 5.69 Å². The van der Waals surface area contributed by atoms with Crippen molar-refractivity contribution in [1.29, 1.82) is 0 Å². The second-order valence-electron chi connectivity index (χ2n) is 5.14. The fraction of sp³-hybridized carbons (Fsp3) is 0.167. The van der Waals surface area contributed by atoms with Crippen LogP contribution < -0.4 is 5.73 Å². The molecule has 0 heterocycles. The van der Waals surface area contributed by atoms with Crippen LogP contribution in [0.2, 0.25) is 0 Å². The minimum atomic E-state index is -0.0158. The van der Waals surface area contributed by atoms with E-state index in [1.165, 1.54) is 5.56 Å². The van der Waals surface area contributed by atoms with Gasteiger partial charge in [0.25, 0.3) is 0 Å². The van der Waals surface area contributed by atoms with E-state index in [1.807, 2.05) is 18.2 Å². The van der Waals surface area contributed by atoms with E-state index in [9.17, 15) is 4.79 Å². The molecule has 0 aliphatic rings. The summed E-state index contributed by atoms with van der Waals surface area (Å²) in [5.41, 5.74) is 9.23. The molecule has 0 radical (unpaired) electrons. The number of hydrogen-bond donors (Lipinski definition) is 1. The zero-order valence-corrected chi connectivity index (χ0v) is 11.8. The van der Waals surface area contributed by atoms with Gasteiger partial charge in [-0.25, -0.2) is 0 Å². The highest BCUT2D eigenvalue weighted by Gasteiger charge is 2.01. The molecule has 102 valence electrons. The van der Waals surface area contributed by atoms with Crippen LogP contribution >= 0.6 is 0 Å². The average molecular weight is 265 g/mol. The number of allylic oxidation sites excluding steroid dienone is 1. The Kier molecular flexibility index (Phi) is 4.36. The molecule has 0 fully saturated rings. The lowest BCUT2D eigenvalue weighted by molar-refractivity contribution is 0.104. The first-order valence-corrected chi connectivity index (χ1v) is 6.74. The summed E-state index contributed by atoms with van der Waals surface area (Å²) in [5, 5.41) is 0. The molecule has 0 aliphatic carbocycles. The van der Waals surface area contributed by atoms with E-state index in [0.29, 0.717) is 17.2 Å². The van der Waals surface area contributed by atoms with Gasteiger partial charge in [-0.3, -0.25) is 4.79 Å². The number of rotatable bonds is 4. The lowest BCUT2D eigenvalue weighted by atomic mass is 10.0. The van der Waals surface area contributed by atoms with Gasteiger partial charge in [0.05, 0.1) is 0 Å². The summed E-state index contributed by atoms with van der Waals surface area (Å²) in [4.78, 5) is 12.0. The number of anilines is 1. The molecule has 2 rings (SSSR count). The molecule has 0 bridgehead atoms. The summed E-state index contributed by atoms with van der Waals surface area (Å²) in [5.74, 6) is 0.502. The quantitative estimate of drug-likeness (QED) is 0.509. The average Bonchev–Trinajstić information content (AvgIpc) is 2.46. The number of carbonyl (C=O) groups excluding carboxylic acids is 1. The molecule has 0 amide bonds. The van der Waals surface area contributed by atoms with Crippen LogP contribution in [0, 0.1) is 0 Å². The van der Waals surface area contributed by atoms with Gasteiger partial charge in [-0.1, -0.05) is 44.2 Å². The zero-order chi connectivity index (χ0) is 14.5. The standard InChI is InChI=1S/C18H19NO/c1-13(2)15-6-3-14(4-7-15)5-12-18(20)16-8-10-17(19)11-9-16/h3-13H,19H2,1-2H3/b12-5+. The molecule has 0 atom stereocenters. The highest BCUT2D eigenvalue weighted by atomic mass is 16.1. The number of carbonyl (C=O) groups is 1. The summed E-state index contributed by atoms with van der Waals surface area (Å²) >= 11 is 0. The highest BCUT2D eigenvalue weighted by Crippen LogP contribution is 2.15. The van der Waals surface area contributed by atoms with Crippen LogP contribution in [-0.4, -0.2) is 5.78 Å². The third kappa shape index (κ3) is 3.58. The van der Waals surface area contributed by atoms with Gasteiger partial charge >= 0.3 is 0 Å². The predicted octanol–water partition coefficient (Wildman–Crippen LogP) is 4.29. The summed E-state index contributed by atoms with van der Waals surface area (Å²) < 4.78 is 0. The topological polar surface area (TPSA) is 43.1 Å². The Morgan fingerprint density at radius 2 is 1.60 bits per heavy atom. The van der Waals surface area contributed by atoms with E-state index in [-0.39, 0.29) is 5.78 Å². The van der Waals surface area contributed by atoms with Gasteiger partial charge in [-0.2, -0.15) is 0 Å². The molecule has 2 aromatic carbocycles. The Labute approximate surface area is 119 Å². The molecule has 2 aromatic rings. The Morgan fingerprint density at radius 1 is 1.00 bits per heavy atom. The van der Waals surface area contributed by atoms with Crippen molar-refractivity contribution in [2.75, 3.05) is 5.73 Å². The maximum Gasteiger partial charge on any atom is 0.185 e. The number of hydrogen-bond acceptors (Lipinski definition) is 2. The van der Waals surface area contributed by atoms with E-state index >= 15 is 0 Å². The maximum absolute atomic E-state index is 12.0. The first-order chi connectivity index (χ1) is 9.56. The van der Waals surface area contributed by atoms with E-state index in [2.05, 4.69) is 26.0 Å². The molecule has 0 aromatic heterocycles. The van der Waals surface area contributed by atoms with Gasteiger partial charge in [0.1, 0.15) is 0 Å². The molecule has 2 heteroatoms. The normalized spacial score (nSPS) is 11.2. The van der Waals surface area contributed by atoms with E-state index in [1.54, 1.807) is 30.3 Å². The molecule has 2 nitrogen and oxygen atoms in total. The summed E-state index contributed by atoms with van der Waals surface area (Å²) in [7, 11) is 0. The molecule has 2 N–H and O–H groups in total. The second kappa shape index (κ2) is 6.20. The fourth-order valence-corrected chi connectivity index (χ4v) is 1.91. The highest BCUT2D eigenvalue weighted by molar-refractivity contribution is 6.06. The Balaban J connectivity index is 2.08. The number of nitrogen functional groups attached to an aromatic ring is 1. The van der Waals surface area contributed by atoms with E-state index < -0.39 is 0 Å². The van der Waals surface area contributed by atoms with Gasteiger partial charge in [0.2, 0.25) is 0 Å². The molecule has 0 spiro atoms. The largest absolute Gasteiger partial charge is 0.399 e. The Hall–Kier alpha value is -2.35. The number of ketones is 1. The monoisotopic (exact) mass is 265 g/mol. The van der Waals surface area contributed by atoms with Crippen molar-refractivity contribution in [3.8, 4) is 0 Å². The van der Waals surface area contributed by atoms with Crippen molar-refractivity contribution >= 4 is 17.5 Å². The van der Waals surface area contributed by atoms with Crippen LogP contribution in [0.5, 0.6) is 0 Å². The van der Waals surface area contributed by atoms with Crippen molar-refractivity contribution in [3.05, 3.63) is 71.3 Å². The van der Waals surface area contributed by atoms with Crippen LogP contribution in [0.1, 0.15) is 41.3 Å². The Bertz CT molecular complexity index is 607. The molecule has 0 saturated carbocycles. The van der Waals surface area contributed by atoms with Crippen LogP contribution in [-0.2, 0) is 0 Å². The van der Waals surface area contributed by atoms with Crippen molar-refractivity contribution in [2.45, 2.75) is 19.8 Å². The van der Waals surface area contributed by atoms with Gasteiger partial charge in [0.15, 0.2) is 5.78 Å². The zero-order valence-electron chi connectivity index (χ0n) is 11.8. The fourth-order valence-electron chi connectivity index (χ4n) is 1.91. The third-order valence-electron chi connectivity index (χ3n) is 3.23. The molecule has 0 saturated heterocycles. The van der Waals surface area contributed by atoms with Gasteiger partial charge in [-0.05, 0) is 47.4 Å². The molecule has 0 aliphatic heterocycles. The summed E-state index contributed by atoms with van der Waals surface area (Å²) in [6.07, 6.45) is 3.43. The van der Waals surface area contributed by atoms with Crippen LogP contribution in [0.15, 0.2) is 54.6 Å². The third-order valence-corrected chi connectivity index (χ3v) is 3.23. The molecule has 0 unspecified atom stereocenters. The summed E-state index contributed by atoms with van der Waals surface area (Å²) in [6.45, 7) is 4.32. The Morgan fingerprint density at radius 3 is 2.15 bits per heavy atom. The predicted molar refractivity (Wildman–Crippen MR) is 84.7 cm³/mol. The lowest BCUT2D eigenvalue weighted by Crippen LogP contribution is -1.94. The van der Waals surface area contributed by atoms with E-state index in [4.69, 9.17) is 5.73 Å². The first-order valence-electron chi connectivity index (χ1n) is 6.74. The summed E-state index contributed by atoms with van der Waals surface area (Å²) in [6, 6.07) is 15.2. The van der Waals surface area contributed by atoms with Crippen LogP contribution in [0.3, 0.4) is 0 Å². The van der Waals surface area contributed by atoms with Crippen molar-refractivity contribution in [1.82, 2.24) is 0 Å². The van der Waals surface area contributed by atoms with Crippen molar-refractivity contribution < 1.29 is 4.79 Å². The second-order valence-corrected chi connectivity index (χ2v) is 5.14.